The molecule has 0 aliphatic rings. The van der Waals surface area contributed by atoms with Crippen LogP contribution < -0.4 is 9.88 Å². The van der Waals surface area contributed by atoms with Crippen molar-refractivity contribution in [3.63, 3.8) is 0 Å². The van der Waals surface area contributed by atoms with E-state index in [-0.39, 0.29) is 5.78 Å². The highest BCUT2D eigenvalue weighted by Crippen LogP contribution is 2.15. The Morgan fingerprint density at radius 1 is 1.24 bits per heavy atom. The molecule has 1 heterocycles. The van der Waals surface area contributed by atoms with Crippen LogP contribution in [0.25, 0.3) is 0 Å². The number of carbonyl (C=O) groups excluding carboxylic acids is 1. The number of Topliss-reactive ketones (excluding diaryl/α,β-unsaturated/α-hetero) is 1. The van der Waals surface area contributed by atoms with Crippen LogP contribution >= 0.6 is 28.1 Å². The second-order valence-corrected chi connectivity index (χ2v) is 5.85. The number of pyridine rings is 1. The lowest BCUT2D eigenvalue weighted by molar-refractivity contribution is -0.692. The van der Waals surface area contributed by atoms with Crippen LogP contribution in [-0.4, -0.2) is 17.3 Å². The molecule has 0 radical (unpaired) electrons. The molecule has 1 unspecified atom stereocenters. The Labute approximate surface area is 138 Å². The molecule has 0 fully saturated rings. The van der Waals surface area contributed by atoms with Crippen molar-refractivity contribution in [3.8, 4) is 0 Å². The summed E-state index contributed by atoms with van der Waals surface area (Å²) in [6.45, 7) is 2.65. The van der Waals surface area contributed by atoms with E-state index in [2.05, 4.69) is 21.2 Å². The molecular formula is C16H16BrN2OS+. The first kappa shape index (κ1) is 15.8. The fourth-order valence-corrected chi connectivity index (χ4v) is 2.65. The molecule has 0 saturated heterocycles. The predicted molar refractivity (Wildman–Crippen MR) is 90.4 cm³/mol. The SMILES string of the molecule is CCNC(=S)C(C(=O)c1ccc(Br)cc1)[n+]1ccccc1. The van der Waals surface area contributed by atoms with E-state index in [1.54, 1.807) is 12.1 Å². The molecule has 5 heteroatoms. The number of carbonyl (C=O) groups is 1. The maximum atomic E-state index is 12.8. The van der Waals surface area contributed by atoms with Gasteiger partial charge in [-0.25, -0.2) is 0 Å². The Morgan fingerprint density at radius 3 is 2.43 bits per heavy atom. The summed E-state index contributed by atoms with van der Waals surface area (Å²) in [5, 5.41) is 3.09. The van der Waals surface area contributed by atoms with Crippen LogP contribution in [0, 0.1) is 0 Å². The smallest absolute Gasteiger partial charge is 0.270 e. The van der Waals surface area contributed by atoms with Crippen LogP contribution in [0.4, 0.5) is 0 Å². The highest BCUT2D eigenvalue weighted by Gasteiger charge is 2.32. The number of thiocarbonyl (C=S) groups is 1. The Bertz CT molecular complexity index is 628. The van der Waals surface area contributed by atoms with Gasteiger partial charge in [0.25, 0.3) is 6.04 Å². The third-order valence-corrected chi connectivity index (χ3v) is 3.91. The molecule has 0 aliphatic carbocycles. The molecule has 2 rings (SSSR count). The van der Waals surface area contributed by atoms with E-state index in [4.69, 9.17) is 12.2 Å². The lowest BCUT2D eigenvalue weighted by Gasteiger charge is -2.13. The van der Waals surface area contributed by atoms with Gasteiger partial charge >= 0.3 is 0 Å². The van der Waals surface area contributed by atoms with Gasteiger partial charge in [0.2, 0.25) is 5.78 Å². The van der Waals surface area contributed by atoms with E-state index in [9.17, 15) is 4.79 Å². The van der Waals surface area contributed by atoms with E-state index < -0.39 is 6.04 Å². The van der Waals surface area contributed by atoms with Gasteiger partial charge in [-0.1, -0.05) is 46.3 Å². The first-order chi connectivity index (χ1) is 10.1. The number of nitrogens with one attached hydrogen (secondary N) is 1. The summed E-state index contributed by atoms with van der Waals surface area (Å²) in [5.41, 5.74) is 0.639. The van der Waals surface area contributed by atoms with E-state index in [1.165, 1.54) is 0 Å². The number of halogens is 1. The summed E-state index contributed by atoms with van der Waals surface area (Å²) >= 11 is 8.77. The molecule has 0 spiro atoms. The van der Waals surface area contributed by atoms with Crippen molar-refractivity contribution < 1.29 is 9.36 Å². The monoisotopic (exact) mass is 363 g/mol. The van der Waals surface area contributed by atoms with Crippen LogP contribution in [0.3, 0.4) is 0 Å². The van der Waals surface area contributed by atoms with Gasteiger partial charge in [-0.3, -0.25) is 4.79 Å². The predicted octanol–water partition coefficient (Wildman–Crippen LogP) is 3.10. The lowest BCUT2D eigenvalue weighted by Crippen LogP contribution is -2.51. The van der Waals surface area contributed by atoms with Crippen molar-refractivity contribution >= 4 is 38.9 Å². The van der Waals surface area contributed by atoms with Gasteiger partial charge in [0.1, 0.15) is 0 Å². The highest BCUT2D eigenvalue weighted by molar-refractivity contribution is 9.10. The minimum Gasteiger partial charge on any atom is -0.374 e. The van der Waals surface area contributed by atoms with E-state index in [0.717, 1.165) is 4.47 Å². The fraction of sp³-hybridized carbons (Fsp3) is 0.188. The third kappa shape index (κ3) is 3.95. The van der Waals surface area contributed by atoms with Gasteiger partial charge < -0.3 is 5.32 Å². The summed E-state index contributed by atoms with van der Waals surface area (Å²) in [7, 11) is 0. The minimum atomic E-state index is -0.526. The second-order valence-electron chi connectivity index (χ2n) is 4.49. The second kappa shape index (κ2) is 7.43. The van der Waals surface area contributed by atoms with E-state index >= 15 is 0 Å². The van der Waals surface area contributed by atoms with Crippen LogP contribution in [-0.2, 0) is 0 Å². The lowest BCUT2D eigenvalue weighted by atomic mass is 10.0. The molecule has 1 atom stereocenters. The zero-order chi connectivity index (χ0) is 15.2. The van der Waals surface area contributed by atoms with Gasteiger partial charge in [0, 0.05) is 28.7 Å². The number of hydrogen-bond donors (Lipinski definition) is 1. The normalized spacial score (nSPS) is 11.7. The molecule has 21 heavy (non-hydrogen) atoms. The van der Waals surface area contributed by atoms with Crippen LogP contribution in [0.1, 0.15) is 23.3 Å². The van der Waals surface area contributed by atoms with Crippen molar-refractivity contribution in [2.45, 2.75) is 13.0 Å². The molecular weight excluding hydrogens is 348 g/mol. The number of hydrogen-bond acceptors (Lipinski definition) is 2. The van der Waals surface area contributed by atoms with E-state index in [0.29, 0.717) is 17.1 Å². The third-order valence-electron chi connectivity index (χ3n) is 3.01. The Hall–Kier alpha value is -1.59. The van der Waals surface area contributed by atoms with Gasteiger partial charge in [0.05, 0.1) is 0 Å². The zero-order valence-electron chi connectivity index (χ0n) is 11.6. The standard InChI is InChI=1S/C16H15BrN2OS/c1-2-18-16(21)14(19-10-4-3-5-11-19)15(20)12-6-8-13(17)9-7-12/h3-11,14H,2H2,1H3/p+1. The summed E-state index contributed by atoms with van der Waals surface area (Å²) in [6, 6.07) is 12.5. The maximum Gasteiger partial charge on any atom is 0.270 e. The molecule has 108 valence electrons. The molecule has 0 amide bonds. The van der Waals surface area contributed by atoms with Gasteiger partial charge in [-0.2, -0.15) is 4.57 Å². The quantitative estimate of drug-likeness (QED) is 0.503. The average Bonchev–Trinajstić information content (AvgIpc) is 2.49. The van der Waals surface area contributed by atoms with E-state index in [1.807, 2.05) is 54.2 Å². The molecule has 1 N–H and O–H groups in total. The first-order valence-electron chi connectivity index (χ1n) is 6.66. The molecule has 3 nitrogen and oxygen atoms in total. The van der Waals surface area contributed by atoms with Crippen molar-refractivity contribution in [1.82, 2.24) is 5.32 Å². The fourth-order valence-electron chi connectivity index (χ4n) is 2.02. The number of benzene rings is 1. The number of rotatable bonds is 5. The number of aromatic nitrogens is 1. The van der Waals surface area contributed by atoms with Crippen LogP contribution in [0.5, 0.6) is 0 Å². The maximum absolute atomic E-state index is 12.8. The molecule has 2 aromatic rings. The number of likely N-dealkylation sites (N-methyl/N-ethyl adjacent to an activating group) is 1. The molecule has 0 aliphatic heterocycles. The Balaban J connectivity index is 2.37. The minimum absolute atomic E-state index is 0.0235. The molecule has 0 bridgehead atoms. The Kier molecular flexibility index (Phi) is 5.59. The molecule has 0 saturated carbocycles. The van der Waals surface area contributed by atoms with Crippen molar-refractivity contribution in [1.29, 1.82) is 0 Å². The average molecular weight is 364 g/mol. The molecule has 1 aromatic heterocycles. The van der Waals surface area contributed by atoms with Crippen molar-refractivity contribution in [2.24, 2.45) is 0 Å². The zero-order valence-corrected chi connectivity index (χ0v) is 14.0. The summed E-state index contributed by atoms with van der Waals surface area (Å²) in [4.78, 5) is 13.3. The first-order valence-corrected chi connectivity index (χ1v) is 7.87. The topological polar surface area (TPSA) is 33.0 Å². The van der Waals surface area contributed by atoms with Crippen LogP contribution in [0.15, 0.2) is 59.3 Å². The summed E-state index contributed by atoms with van der Waals surface area (Å²) < 4.78 is 2.77. The highest BCUT2D eigenvalue weighted by atomic mass is 79.9. The Morgan fingerprint density at radius 2 is 1.86 bits per heavy atom. The van der Waals surface area contributed by atoms with Gasteiger partial charge in [0.15, 0.2) is 17.4 Å². The van der Waals surface area contributed by atoms with Gasteiger partial charge in [-0.15, -0.1) is 0 Å². The number of ketones is 1. The van der Waals surface area contributed by atoms with Crippen molar-refractivity contribution in [2.75, 3.05) is 6.54 Å². The van der Waals surface area contributed by atoms with Gasteiger partial charge in [-0.05, 0) is 19.1 Å². The van der Waals surface area contributed by atoms with Crippen LogP contribution in [0.2, 0.25) is 0 Å². The molecule has 1 aromatic carbocycles. The summed E-state index contributed by atoms with van der Waals surface area (Å²) in [6.07, 6.45) is 3.70. The largest absolute Gasteiger partial charge is 0.374 e. The van der Waals surface area contributed by atoms with Crippen molar-refractivity contribution in [3.05, 3.63) is 64.9 Å². The number of nitrogens with zero attached hydrogens (tertiary/aromatic N) is 1. The summed E-state index contributed by atoms with van der Waals surface area (Å²) in [5.74, 6) is -0.0235.